The summed E-state index contributed by atoms with van der Waals surface area (Å²) in [5, 5.41) is 0. The van der Waals surface area contributed by atoms with Gasteiger partial charge in [-0.25, -0.2) is 0 Å². The molecule has 0 saturated carbocycles. The summed E-state index contributed by atoms with van der Waals surface area (Å²) in [6, 6.07) is 3.77. The van der Waals surface area contributed by atoms with Gasteiger partial charge in [-0.05, 0) is 36.9 Å². The summed E-state index contributed by atoms with van der Waals surface area (Å²) < 4.78 is 0. The van der Waals surface area contributed by atoms with Gasteiger partial charge in [-0.2, -0.15) is 0 Å². The second-order valence-corrected chi connectivity index (χ2v) is 6.01. The molecular weight excluding hydrogens is 240 g/mol. The number of hydrogen-bond acceptors (Lipinski definition) is 3. The van der Waals surface area contributed by atoms with Crippen molar-refractivity contribution < 1.29 is 9.59 Å². The van der Waals surface area contributed by atoms with E-state index in [-0.39, 0.29) is 17.2 Å². The van der Waals surface area contributed by atoms with Crippen LogP contribution >= 0.6 is 0 Å². The largest absolute Gasteiger partial charge is 0.330 e. The SMILES string of the molecule is Cc1ccc(C)c2c1C(=O)N(CC(C)(C)CN)C2=O. The molecule has 0 spiro atoms. The Morgan fingerprint density at radius 2 is 1.47 bits per heavy atom. The predicted molar refractivity (Wildman–Crippen MR) is 74.1 cm³/mol. The van der Waals surface area contributed by atoms with Crippen LogP contribution in [-0.2, 0) is 0 Å². The van der Waals surface area contributed by atoms with E-state index in [0.717, 1.165) is 11.1 Å². The van der Waals surface area contributed by atoms with Gasteiger partial charge in [0.15, 0.2) is 0 Å². The Morgan fingerprint density at radius 3 is 1.84 bits per heavy atom. The molecule has 2 N–H and O–H groups in total. The van der Waals surface area contributed by atoms with Gasteiger partial charge in [0.25, 0.3) is 11.8 Å². The second-order valence-electron chi connectivity index (χ2n) is 6.01. The topological polar surface area (TPSA) is 63.4 Å². The number of fused-ring (bicyclic) bond motifs is 1. The van der Waals surface area contributed by atoms with Crippen LogP contribution in [0.25, 0.3) is 0 Å². The van der Waals surface area contributed by atoms with Crippen LogP contribution in [0.15, 0.2) is 12.1 Å². The first-order valence-corrected chi connectivity index (χ1v) is 6.45. The Balaban J connectivity index is 2.45. The fraction of sp³-hybridized carbons (Fsp3) is 0.467. The zero-order valence-corrected chi connectivity index (χ0v) is 11.9. The van der Waals surface area contributed by atoms with Crippen LogP contribution in [0.4, 0.5) is 0 Å². The average Bonchev–Trinajstić information content (AvgIpc) is 2.59. The van der Waals surface area contributed by atoms with Gasteiger partial charge in [0.05, 0.1) is 11.1 Å². The highest BCUT2D eigenvalue weighted by atomic mass is 16.2. The minimum Gasteiger partial charge on any atom is -0.330 e. The first-order valence-electron chi connectivity index (χ1n) is 6.45. The molecule has 2 rings (SSSR count). The lowest BCUT2D eigenvalue weighted by Gasteiger charge is -2.27. The third-order valence-corrected chi connectivity index (χ3v) is 3.68. The molecule has 0 unspecified atom stereocenters. The van der Waals surface area contributed by atoms with Crippen LogP contribution in [0.1, 0.15) is 45.7 Å². The maximum Gasteiger partial charge on any atom is 0.261 e. The molecule has 1 aliphatic heterocycles. The first kappa shape index (κ1) is 13.7. The second kappa shape index (κ2) is 4.46. The molecule has 1 heterocycles. The molecule has 0 bridgehead atoms. The average molecular weight is 260 g/mol. The Morgan fingerprint density at radius 1 is 1.05 bits per heavy atom. The number of nitrogens with two attached hydrogens (primary N) is 1. The molecule has 1 aliphatic rings. The zero-order chi connectivity index (χ0) is 14.4. The van der Waals surface area contributed by atoms with E-state index < -0.39 is 0 Å². The Kier molecular flexibility index (Phi) is 3.22. The number of aryl methyl sites for hydroxylation is 2. The number of imide groups is 1. The number of hydrogen-bond donors (Lipinski definition) is 1. The predicted octanol–water partition coefficient (Wildman–Crippen LogP) is 1.88. The third kappa shape index (κ3) is 2.16. The number of nitrogens with zero attached hydrogens (tertiary/aromatic N) is 1. The highest BCUT2D eigenvalue weighted by Gasteiger charge is 2.40. The number of carbonyl (C=O) groups excluding carboxylic acids is 2. The van der Waals surface area contributed by atoms with Gasteiger partial charge in [-0.1, -0.05) is 26.0 Å². The molecule has 102 valence electrons. The van der Waals surface area contributed by atoms with Crippen molar-refractivity contribution >= 4 is 11.8 Å². The van der Waals surface area contributed by atoms with Crippen molar-refractivity contribution in [3.8, 4) is 0 Å². The van der Waals surface area contributed by atoms with Crippen molar-refractivity contribution in [2.75, 3.05) is 13.1 Å². The van der Waals surface area contributed by atoms with Crippen molar-refractivity contribution in [3.05, 3.63) is 34.4 Å². The van der Waals surface area contributed by atoms with Gasteiger partial charge in [-0.3, -0.25) is 14.5 Å². The normalized spacial score (nSPS) is 15.1. The van der Waals surface area contributed by atoms with E-state index in [0.29, 0.717) is 24.2 Å². The van der Waals surface area contributed by atoms with Crippen molar-refractivity contribution in [2.24, 2.45) is 11.1 Å². The number of benzene rings is 1. The maximum absolute atomic E-state index is 12.4. The Bertz CT molecular complexity index is 521. The van der Waals surface area contributed by atoms with Gasteiger partial charge in [0.2, 0.25) is 0 Å². The van der Waals surface area contributed by atoms with E-state index in [1.54, 1.807) is 0 Å². The fourth-order valence-electron chi connectivity index (χ4n) is 2.36. The van der Waals surface area contributed by atoms with Crippen LogP contribution in [0, 0.1) is 19.3 Å². The van der Waals surface area contributed by atoms with Crippen LogP contribution in [0.3, 0.4) is 0 Å². The smallest absolute Gasteiger partial charge is 0.261 e. The van der Waals surface area contributed by atoms with Gasteiger partial charge >= 0.3 is 0 Å². The maximum atomic E-state index is 12.4. The number of amides is 2. The fourth-order valence-corrected chi connectivity index (χ4v) is 2.36. The van der Waals surface area contributed by atoms with Crippen molar-refractivity contribution in [1.29, 1.82) is 0 Å². The molecular formula is C15H20N2O2. The zero-order valence-electron chi connectivity index (χ0n) is 11.9. The summed E-state index contributed by atoms with van der Waals surface area (Å²) in [4.78, 5) is 26.2. The third-order valence-electron chi connectivity index (χ3n) is 3.68. The molecule has 2 amide bonds. The summed E-state index contributed by atoms with van der Waals surface area (Å²) in [7, 11) is 0. The summed E-state index contributed by atoms with van der Waals surface area (Å²) in [5.41, 5.74) is 8.24. The Hall–Kier alpha value is -1.68. The minimum atomic E-state index is -0.269. The lowest BCUT2D eigenvalue weighted by atomic mass is 9.93. The van der Waals surface area contributed by atoms with Gasteiger partial charge < -0.3 is 5.73 Å². The van der Waals surface area contributed by atoms with Crippen molar-refractivity contribution in [1.82, 2.24) is 4.90 Å². The molecule has 1 aromatic carbocycles. The van der Waals surface area contributed by atoms with Crippen molar-refractivity contribution in [3.63, 3.8) is 0 Å². The highest BCUT2D eigenvalue weighted by Crippen LogP contribution is 2.30. The highest BCUT2D eigenvalue weighted by molar-refractivity contribution is 6.22. The molecule has 0 fully saturated rings. The molecule has 4 heteroatoms. The first-order chi connectivity index (χ1) is 8.78. The summed E-state index contributed by atoms with van der Waals surface area (Å²) >= 11 is 0. The molecule has 1 aromatic rings. The molecule has 0 aliphatic carbocycles. The van der Waals surface area contributed by atoms with Crippen LogP contribution in [0.5, 0.6) is 0 Å². The molecule has 0 radical (unpaired) electrons. The molecule has 0 atom stereocenters. The van der Waals surface area contributed by atoms with Crippen molar-refractivity contribution in [2.45, 2.75) is 27.7 Å². The molecule has 4 nitrogen and oxygen atoms in total. The number of carbonyl (C=O) groups is 2. The van der Waals surface area contributed by atoms with E-state index in [1.165, 1.54) is 4.90 Å². The van der Waals surface area contributed by atoms with E-state index in [4.69, 9.17) is 5.73 Å². The lowest BCUT2D eigenvalue weighted by molar-refractivity contribution is 0.0595. The molecule has 0 saturated heterocycles. The monoisotopic (exact) mass is 260 g/mol. The van der Waals surface area contributed by atoms with Crippen LogP contribution in [-0.4, -0.2) is 29.8 Å². The molecule has 19 heavy (non-hydrogen) atoms. The summed E-state index contributed by atoms with van der Waals surface area (Å²) in [5.74, 6) is -0.384. The Labute approximate surface area is 113 Å². The summed E-state index contributed by atoms with van der Waals surface area (Å²) in [6.45, 7) is 8.42. The van der Waals surface area contributed by atoms with E-state index in [1.807, 2.05) is 39.8 Å². The van der Waals surface area contributed by atoms with Gasteiger partial charge in [0, 0.05) is 6.54 Å². The number of rotatable bonds is 3. The standard InChI is InChI=1S/C15H20N2O2/c1-9-5-6-10(2)12-11(9)13(18)17(14(12)19)8-15(3,4)7-16/h5-6H,7-8,16H2,1-4H3. The summed E-state index contributed by atoms with van der Waals surface area (Å²) in [6.07, 6.45) is 0. The quantitative estimate of drug-likeness (QED) is 0.844. The lowest BCUT2D eigenvalue weighted by Crippen LogP contribution is -2.41. The van der Waals surface area contributed by atoms with Crippen LogP contribution < -0.4 is 5.73 Å². The molecule has 0 aromatic heterocycles. The van der Waals surface area contributed by atoms with Gasteiger partial charge in [0.1, 0.15) is 0 Å². The van der Waals surface area contributed by atoms with E-state index in [2.05, 4.69) is 0 Å². The van der Waals surface area contributed by atoms with E-state index in [9.17, 15) is 9.59 Å². The van der Waals surface area contributed by atoms with Gasteiger partial charge in [-0.15, -0.1) is 0 Å². The minimum absolute atomic E-state index is 0.192. The van der Waals surface area contributed by atoms with E-state index >= 15 is 0 Å². The van der Waals surface area contributed by atoms with Crippen LogP contribution in [0.2, 0.25) is 0 Å².